The molecule has 2 atom stereocenters. The maximum Gasteiger partial charge on any atom is 0.472 e. The lowest BCUT2D eigenvalue weighted by Crippen LogP contribution is -2.28. The molecule has 0 heterocycles. The van der Waals surface area contributed by atoms with Gasteiger partial charge in [-0.25, -0.2) is 4.57 Å². The summed E-state index contributed by atoms with van der Waals surface area (Å²) in [5.74, 6) is -0.408. The number of unbranched alkanes of at least 4 members (excludes halogenated alkanes) is 4. The minimum Gasteiger partial charge on any atom is -0.457 e. The number of rotatable bonds is 43. The molecule has 0 aliphatic carbocycles. The molecule has 0 spiro atoms. The first kappa shape index (κ1) is 60.1. The quantitative estimate of drug-likeness (QED) is 0.0269. The van der Waals surface area contributed by atoms with Crippen LogP contribution >= 0.6 is 7.82 Å². The molecule has 0 radical (unpaired) electrons. The molecule has 0 aromatic heterocycles. The maximum atomic E-state index is 12.6. The van der Waals surface area contributed by atoms with Crippen molar-refractivity contribution >= 4 is 13.8 Å². The van der Waals surface area contributed by atoms with E-state index < -0.39 is 19.9 Å². The van der Waals surface area contributed by atoms with Crippen LogP contribution in [0.2, 0.25) is 0 Å². The predicted octanol–water partition coefficient (Wildman–Crippen LogP) is 15.1. The highest BCUT2D eigenvalue weighted by Crippen LogP contribution is 2.43. The average molecular weight is 904 g/mol. The van der Waals surface area contributed by atoms with Gasteiger partial charge in [0.05, 0.1) is 19.8 Å². The molecule has 0 saturated carbocycles. The molecule has 0 fully saturated rings. The highest BCUT2D eigenvalue weighted by Gasteiger charge is 2.25. The minimum absolute atomic E-state index is 0.0572. The Balaban J connectivity index is 4.23. The summed E-state index contributed by atoms with van der Waals surface area (Å²) in [6.07, 6.45) is 74.2. The van der Waals surface area contributed by atoms with E-state index in [1.54, 1.807) is 0 Å². The predicted molar refractivity (Wildman–Crippen MR) is 274 cm³/mol. The van der Waals surface area contributed by atoms with E-state index >= 15 is 0 Å². The van der Waals surface area contributed by atoms with Crippen LogP contribution in [0, 0.1) is 0 Å². The molecular formula is C55H86NO7P. The van der Waals surface area contributed by atoms with Gasteiger partial charge < -0.3 is 20.1 Å². The van der Waals surface area contributed by atoms with E-state index in [-0.39, 0.29) is 32.8 Å². The van der Waals surface area contributed by atoms with E-state index in [4.69, 9.17) is 24.3 Å². The molecule has 9 heteroatoms. The third-order valence-corrected chi connectivity index (χ3v) is 9.92. The minimum atomic E-state index is -4.32. The Labute approximate surface area is 390 Å². The SMILES string of the molecule is CC/C=C\C/C=C\C/C=C\C/C=C\C/C=C\C/C=C\C/C=C\CCCC(=O)OC(COCCCCC/C=C\C/C=C\C/C=C\C/C=C\C/C=C\C/C=C\CC)COP(=O)(O)OCCN. The Kier molecular flexibility index (Phi) is 47.1. The number of carbonyl (C=O) groups is 1. The van der Waals surface area contributed by atoms with Crippen molar-refractivity contribution in [3.63, 3.8) is 0 Å². The molecule has 0 aromatic carbocycles. The van der Waals surface area contributed by atoms with Crippen molar-refractivity contribution in [3.05, 3.63) is 158 Å². The monoisotopic (exact) mass is 904 g/mol. The van der Waals surface area contributed by atoms with Crippen molar-refractivity contribution in [2.24, 2.45) is 5.73 Å². The van der Waals surface area contributed by atoms with Gasteiger partial charge in [0.25, 0.3) is 0 Å². The zero-order chi connectivity index (χ0) is 46.5. The molecule has 0 aromatic rings. The van der Waals surface area contributed by atoms with Gasteiger partial charge in [-0.1, -0.05) is 178 Å². The van der Waals surface area contributed by atoms with Crippen LogP contribution in [0.25, 0.3) is 0 Å². The van der Waals surface area contributed by atoms with E-state index in [9.17, 15) is 14.3 Å². The molecule has 0 bridgehead atoms. The van der Waals surface area contributed by atoms with Crippen molar-refractivity contribution < 1.29 is 32.8 Å². The zero-order valence-corrected chi connectivity index (χ0v) is 40.6. The van der Waals surface area contributed by atoms with E-state index in [2.05, 4.69) is 172 Å². The summed E-state index contributed by atoms with van der Waals surface area (Å²) < 4.78 is 33.4. The molecule has 3 N–H and O–H groups in total. The lowest BCUT2D eigenvalue weighted by molar-refractivity contribution is -0.154. The Morgan fingerprint density at radius 2 is 0.828 bits per heavy atom. The van der Waals surface area contributed by atoms with Gasteiger partial charge in [0.1, 0.15) is 6.10 Å². The van der Waals surface area contributed by atoms with Gasteiger partial charge in [-0.15, -0.1) is 0 Å². The van der Waals surface area contributed by atoms with Crippen molar-refractivity contribution in [3.8, 4) is 0 Å². The Hall–Kier alpha value is -3.88. The molecule has 0 amide bonds. The summed E-state index contributed by atoms with van der Waals surface area (Å²) in [7, 11) is -4.32. The summed E-state index contributed by atoms with van der Waals surface area (Å²) in [5, 5.41) is 0. The second-order valence-electron chi connectivity index (χ2n) is 14.9. The third kappa shape index (κ3) is 49.1. The molecule has 64 heavy (non-hydrogen) atoms. The number of carbonyl (C=O) groups excluding carboxylic acids is 1. The van der Waals surface area contributed by atoms with Crippen LogP contribution in [-0.4, -0.2) is 49.9 Å². The van der Waals surface area contributed by atoms with Gasteiger partial charge in [0.15, 0.2) is 0 Å². The fraction of sp³-hybridized carbons (Fsp3) is 0.509. The molecule has 0 rings (SSSR count). The van der Waals surface area contributed by atoms with Crippen molar-refractivity contribution in [2.45, 2.75) is 148 Å². The number of hydrogen-bond donors (Lipinski definition) is 2. The highest BCUT2D eigenvalue weighted by atomic mass is 31.2. The van der Waals surface area contributed by atoms with E-state index in [1.165, 1.54) is 0 Å². The van der Waals surface area contributed by atoms with Gasteiger partial charge in [-0.3, -0.25) is 13.8 Å². The summed E-state index contributed by atoms with van der Waals surface area (Å²) >= 11 is 0. The number of nitrogens with two attached hydrogens (primary N) is 1. The van der Waals surface area contributed by atoms with Crippen molar-refractivity contribution in [1.82, 2.24) is 0 Å². The third-order valence-electron chi connectivity index (χ3n) is 8.94. The first-order chi connectivity index (χ1) is 31.4. The largest absolute Gasteiger partial charge is 0.472 e. The summed E-state index contributed by atoms with van der Waals surface area (Å²) in [6.45, 7) is 4.47. The number of hydrogen-bond acceptors (Lipinski definition) is 7. The van der Waals surface area contributed by atoms with Crippen LogP contribution in [0.5, 0.6) is 0 Å². The molecule has 8 nitrogen and oxygen atoms in total. The van der Waals surface area contributed by atoms with Gasteiger partial charge >= 0.3 is 13.8 Å². The van der Waals surface area contributed by atoms with E-state index in [1.807, 2.05) is 0 Å². The number of ether oxygens (including phenoxy) is 2. The second-order valence-corrected chi connectivity index (χ2v) is 16.3. The van der Waals surface area contributed by atoms with Crippen LogP contribution in [-0.2, 0) is 27.9 Å². The normalized spacial score (nSPS) is 14.8. The molecule has 0 aliphatic rings. The Morgan fingerprint density at radius 1 is 0.469 bits per heavy atom. The lowest BCUT2D eigenvalue weighted by Gasteiger charge is -2.20. The fourth-order valence-corrected chi connectivity index (χ4v) is 6.28. The Morgan fingerprint density at radius 3 is 1.20 bits per heavy atom. The van der Waals surface area contributed by atoms with Gasteiger partial charge in [0.2, 0.25) is 0 Å². The number of allylic oxidation sites excluding steroid dienone is 26. The number of phosphoric ester groups is 1. The molecule has 358 valence electrons. The van der Waals surface area contributed by atoms with Gasteiger partial charge in [-0.2, -0.15) is 0 Å². The van der Waals surface area contributed by atoms with E-state index in [0.717, 1.165) is 116 Å². The molecule has 0 aliphatic heterocycles. The van der Waals surface area contributed by atoms with Crippen LogP contribution in [0.15, 0.2) is 158 Å². The smallest absolute Gasteiger partial charge is 0.457 e. The highest BCUT2D eigenvalue weighted by molar-refractivity contribution is 7.47. The first-order valence-electron chi connectivity index (χ1n) is 24.0. The molecular weight excluding hydrogens is 818 g/mol. The van der Waals surface area contributed by atoms with Crippen LogP contribution in [0.1, 0.15) is 142 Å². The second kappa shape index (κ2) is 50.1. The standard InChI is InChI=1S/C55H86NO7P/c1-3-5-7-9-11-13-15-17-19-21-23-25-27-28-30-32-34-36-38-40-42-44-46-48-55(57)63-54(53-62-64(58,59)61-51-49-56)52-60-50-47-45-43-41-39-37-35-33-31-29-26-24-22-20-18-16-14-12-10-8-6-4-2/h5-8,11-14,17-20,23-26,28,30-31,33-34,36-37,39-40,42,54H,3-4,9-10,15-16,21-22,27,29,32,35,38,41,43-53,56H2,1-2H3,(H,58,59)/b7-5-,8-6-,13-11-,14-12-,19-17-,20-18-,25-23-,26-24-,30-28-,33-31-,36-34-,39-37-,42-40-. The molecule has 0 saturated heterocycles. The number of phosphoric acid groups is 1. The van der Waals surface area contributed by atoms with Crippen molar-refractivity contribution in [2.75, 3.05) is 33.0 Å². The van der Waals surface area contributed by atoms with Crippen molar-refractivity contribution in [1.29, 1.82) is 0 Å². The van der Waals surface area contributed by atoms with Crippen LogP contribution < -0.4 is 5.73 Å². The van der Waals surface area contributed by atoms with Gasteiger partial charge in [0, 0.05) is 19.6 Å². The summed E-state index contributed by atoms with van der Waals surface area (Å²) in [4.78, 5) is 22.5. The zero-order valence-electron chi connectivity index (χ0n) is 39.7. The summed E-state index contributed by atoms with van der Waals surface area (Å²) in [6, 6.07) is 0. The average Bonchev–Trinajstić information content (AvgIpc) is 3.29. The first-order valence-corrected chi connectivity index (χ1v) is 25.5. The van der Waals surface area contributed by atoms with Crippen LogP contribution in [0.4, 0.5) is 0 Å². The molecule has 2 unspecified atom stereocenters. The topological polar surface area (TPSA) is 117 Å². The number of esters is 1. The Bertz CT molecular complexity index is 1530. The lowest BCUT2D eigenvalue weighted by atomic mass is 10.2. The van der Waals surface area contributed by atoms with Gasteiger partial charge in [-0.05, 0) is 116 Å². The summed E-state index contributed by atoms with van der Waals surface area (Å²) in [5.41, 5.74) is 5.37. The van der Waals surface area contributed by atoms with E-state index in [0.29, 0.717) is 13.0 Å². The fourth-order valence-electron chi connectivity index (χ4n) is 5.52. The van der Waals surface area contributed by atoms with Crippen LogP contribution in [0.3, 0.4) is 0 Å². The maximum absolute atomic E-state index is 12.6.